The molecule has 138 valence electrons. The molecule has 0 unspecified atom stereocenters. The summed E-state index contributed by atoms with van der Waals surface area (Å²) in [4.78, 5) is 0. The fourth-order valence-corrected chi connectivity index (χ4v) is 3.81. The first-order valence-corrected chi connectivity index (χ1v) is 9.91. The summed E-state index contributed by atoms with van der Waals surface area (Å²) in [6.07, 6.45) is 7.93. The van der Waals surface area contributed by atoms with Crippen molar-refractivity contribution < 1.29 is 4.74 Å². The van der Waals surface area contributed by atoms with Crippen molar-refractivity contribution in [2.45, 2.75) is 45.4 Å². The highest BCUT2D eigenvalue weighted by molar-refractivity contribution is 5.85. The Bertz CT molecular complexity index is 726. The monoisotopic (exact) mass is 349 g/mol. The molecule has 0 spiro atoms. The maximum atomic E-state index is 5.27. The normalized spacial score (nSPS) is 14.8. The second-order valence-corrected chi connectivity index (χ2v) is 7.33. The molecule has 1 saturated carbocycles. The van der Waals surface area contributed by atoms with Gasteiger partial charge in [0.05, 0.1) is 7.11 Å². The Labute approximate surface area is 158 Å². The van der Waals surface area contributed by atoms with Gasteiger partial charge in [0.25, 0.3) is 0 Å². The van der Waals surface area contributed by atoms with Crippen LogP contribution in [0.25, 0.3) is 5.57 Å². The predicted molar refractivity (Wildman–Crippen MR) is 112 cm³/mol. The third kappa shape index (κ3) is 4.49. The maximum Gasteiger partial charge on any atom is 0.118 e. The first kappa shape index (κ1) is 18.6. The third-order valence-corrected chi connectivity index (χ3v) is 5.56. The van der Waals surface area contributed by atoms with Crippen LogP contribution < -0.4 is 10.1 Å². The van der Waals surface area contributed by atoms with E-state index in [2.05, 4.69) is 49.2 Å². The predicted octanol–water partition coefficient (Wildman–Crippen LogP) is 6.31. The fourth-order valence-electron chi connectivity index (χ4n) is 3.81. The average Bonchev–Trinajstić information content (AvgIpc) is 2.72. The number of rotatable bonds is 7. The van der Waals surface area contributed by atoms with Gasteiger partial charge in [-0.1, -0.05) is 57.0 Å². The lowest BCUT2D eigenvalue weighted by Gasteiger charge is -2.24. The molecule has 0 heterocycles. The lowest BCUT2D eigenvalue weighted by molar-refractivity contribution is 0.373. The molecule has 0 radical (unpaired) electrons. The molecule has 0 atom stereocenters. The summed E-state index contributed by atoms with van der Waals surface area (Å²) >= 11 is 0. The highest BCUT2D eigenvalue weighted by Gasteiger charge is 2.15. The first-order chi connectivity index (χ1) is 12.7. The van der Waals surface area contributed by atoms with Crippen LogP contribution in [0.15, 0.2) is 49.0 Å². The SMILES string of the molecule is C=C(c1ccc(OC)cc1)c1ccc(CC)cc1NCC1CCCCC1. The van der Waals surface area contributed by atoms with Crippen LogP contribution in [-0.4, -0.2) is 13.7 Å². The molecular formula is C24H31NO. The summed E-state index contributed by atoms with van der Waals surface area (Å²) in [6, 6.07) is 14.9. The number of hydrogen-bond donors (Lipinski definition) is 1. The zero-order chi connectivity index (χ0) is 18.4. The molecule has 0 bridgehead atoms. The largest absolute Gasteiger partial charge is 0.497 e. The third-order valence-electron chi connectivity index (χ3n) is 5.56. The number of methoxy groups -OCH3 is 1. The average molecular weight is 350 g/mol. The van der Waals surface area contributed by atoms with Crippen molar-refractivity contribution in [2.24, 2.45) is 5.92 Å². The van der Waals surface area contributed by atoms with E-state index in [9.17, 15) is 0 Å². The van der Waals surface area contributed by atoms with E-state index in [4.69, 9.17) is 4.74 Å². The number of aryl methyl sites for hydroxylation is 1. The number of nitrogens with one attached hydrogen (secondary N) is 1. The van der Waals surface area contributed by atoms with Crippen LogP contribution in [0.4, 0.5) is 5.69 Å². The van der Waals surface area contributed by atoms with E-state index in [0.717, 1.165) is 35.8 Å². The quantitative estimate of drug-likeness (QED) is 0.632. The number of ether oxygens (including phenoxy) is 1. The van der Waals surface area contributed by atoms with Gasteiger partial charge in [0.1, 0.15) is 5.75 Å². The summed E-state index contributed by atoms with van der Waals surface area (Å²) in [5.41, 5.74) is 5.97. The van der Waals surface area contributed by atoms with Gasteiger partial charge in [-0.3, -0.25) is 0 Å². The Balaban J connectivity index is 1.81. The van der Waals surface area contributed by atoms with Crippen molar-refractivity contribution in [1.29, 1.82) is 0 Å². The molecule has 1 aliphatic carbocycles. The van der Waals surface area contributed by atoms with Crippen LogP contribution in [0, 0.1) is 5.92 Å². The highest BCUT2D eigenvalue weighted by atomic mass is 16.5. The molecule has 2 nitrogen and oxygen atoms in total. The van der Waals surface area contributed by atoms with Crippen LogP contribution in [0.1, 0.15) is 55.7 Å². The summed E-state index contributed by atoms with van der Waals surface area (Å²) < 4.78 is 5.27. The van der Waals surface area contributed by atoms with E-state index in [-0.39, 0.29) is 0 Å². The number of benzene rings is 2. The highest BCUT2D eigenvalue weighted by Crippen LogP contribution is 2.31. The Morgan fingerprint density at radius 1 is 1.08 bits per heavy atom. The topological polar surface area (TPSA) is 21.3 Å². The molecular weight excluding hydrogens is 318 g/mol. The molecule has 0 aliphatic heterocycles. The maximum absolute atomic E-state index is 5.27. The fraction of sp³-hybridized carbons (Fsp3) is 0.417. The second-order valence-electron chi connectivity index (χ2n) is 7.33. The van der Waals surface area contributed by atoms with E-state index in [1.807, 2.05) is 12.1 Å². The lowest BCUT2D eigenvalue weighted by Crippen LogP contribution is -2.17. The van der Waals surface area contributed by atoms with E-state index in [1.54, 1.807) is 7.11 Å². The van der Waals surface area contributed by atoms with Crippen molar-refractivity contribution in [2.75, 3.05) is 19.0 Å². The van der Waals surface area contributed by atoms with Crippen LogP contribution in [-0.2, 0) is 6.42 Å². The molecule has 2 aromatic rings. The van der Waals surface area contributed by atoms with Crippen LogP contribution >= 0.6 is 0 Å². The second kappa shape index (κ2) is 8.93. The summed E-state index contributed by atoms with van der Waals surface area (Å²) in [7, 11) is 1.70. The minimum atomic E-state index is 0.802. The molecule has 0 saturated heterocycles. The molecule has 0 amide bonds. The van der Waals surface area contributed by atoms with Gasteiger partial charge >= 0.3 is 0 Å². The molecule has 2 aromatic carbocycles. The minimum Gasteiger partial charge on any atom is -0.497 e. The molecule has 0 aromatic heterocycles. The standard InChI is InChI=1S/C24H31NO/c1-4-19-10-15-23(18(2)21-11-13-22(26-3)14-12-21)24(16-19)25-17-20-8-6-5-7-9-20/h10-16,20,25H,2,4-9,17H2,1,3H3. The Morgan fingerprint density at radius 2 is 1.81 bits per heavy atom. The van der Waals surface area contributed by atoms with Crippen LogP contribution in [0.2, 0.25) is 0 Å². The molecule has 3 rings (SSSR count). The van der Waals surface area contributed by atoms with Gasteiger partial charge in [-0.05, 0) is 60.1 Å². The van der Waals surface area contributed by atoms with Gasteiger partial charge in [0, 0.05) is 17.8 Å². The summed E-state index contributed by atoms with van der Waals surface area (Å²) in [5.74, 6) is 1.68. The summed E-state index contributed by atoms with van der Waals surface area (Å²) in [6.45, 7) is 7.65. The first-order valence-electron chi connectivity index (χ1n) is 9.91. The van der Waals surface area contributed by atoms with E-state index >= 15 is 0 Å². The van der Waals surface area contributed by atoms with Crippen molar-refractivity contribution in [1.82, 2.24) is 0 Å². The molecule has 1 fully saturated rings. The Hall–Kier alpha value is -2.22. The van der Waals surface area contributed by atoms with Gasteiger partial charge in [0.15, 0.2) is 0 Å². The molecule has 2 heteroatoms. The molecule has 1 aliphatic rings. The van der Waals surface area contributed by atoms with Gasteiger partial charge in [-0.2, -0.15) is 0 Å². The van der Waals surface area contributed by atoms with Gasteiger partial charge in [-0.15, -0.1) is 0 Å². The number of anilines is 1. The molecule has 1 N–H and O–H groups in total. The van der Waals surface area contributed by atoms with Gasteiger partial charge in [0.2, 0.25) is 0 Å². The minimum absolute atomic E-state index is 0.802. The van der Waals surface area contributed by atoms with Crippen molar-refractivity contribution in [3.8, 4) is 5.75 Å². The van der Waals surface area contributed by atoms with Crippen molar-refractivity contribution in [3.05, 3.63) is 65.7 Å². The van der Waals surface area contributed by atoms with E-state index < -0.39 is 0 Å². The van der Waals surface area contributed by atoms with Crippen LogP contribution in [0.5, 0.6) is 5.75 Å². The molecule has 26 heavy (non-hydrogen) atoms. The van der Waals surface area contributed by atoms with E-state index in [1.165, 1.54) is 48.9 Å². The van der Waals surface area contributed by atoms with Crippen molar-refractivity contribution in [3.63, 3.8) is 0 Å². The Morgan fingerprint density at radius 3 is 2.46 bits per heavy atom. The Kier molecular flexibility index (Phi) is 6.38. The van der Waals surface area contributed by atoms with E-state index in [0.29, 0.717) is 0 Å². The zero-order valence-corrected chi connectivity index (χ0v) is 16.2. The summed E-state index contributed by atoms with van der Waals surface area (Å²) in [5, 5.41) is 3.75. The smallest absolute Gasteiger partial charge is 0.118 e. The lowest BCUT2D eigenvalue weighted by atomic mass is 9.89. The van der Waals surface area contributed by atoms with Gasteiger partial charge < -0.3 is 10.1 Å². The number of hydrogen-bond acceptors (Lipinski definition) is 2. The van der Waals surface area contributed by atoms with Gasteiger partial charge in [-0.25, -0.2) is 0 Å². The van der Waals surface area contributed by atoms with Crippen LogP contribution in [0.3, 0.4) is 0 Å². The zero-order valence-electron chi connectivity index (χ0n) is 16.2. The van der Waals surface area contributed by atoms with Crippen molar-refractivity contribution >= 4 is 11.3 Å².